The Hall–Kier alpha value is -2.08. The molecular formula is C15H19N3O2S. The van der Waals surface area contributed by atoms with Crippen LogP contribution in [0.5, 0.6) is 5.75 Å². The van der Waals surface area contributed by atoms with E-state index in [2.05, 4.69) is 0 Å². The molecule has 1 aromatic carbocycles. The molecule has 21 heavy (non-hydrogen) atoms. The van der Waals surface area contributed by atoms with Crippen molar-refractivity contribution in [3.8, 4) is 5.75 Å². The van der Waals surface area contributed by atoms with Gasteiger partial charge in [0.05, 0.1) is 6.54 Å². The molecule has 0 unspecified atom stereocenters. The molecule has 0 radical (unpaired) electrons. The number of benzene rings is 1. The molecule has 112 valence electrons. The number of aryl methyl sites for hydroxylation is 1. The highest BCUT2D eigenvalue weighted by atomic mass is 32.1. The van der Waals surface area contributed by atoms with Crippen molar-refractivity contribution in [2.45, 2.75) is 26.4 Å². The predicted octanol–water partition coefficient (Wildman–Crippen LogP) is 1.77. The van der Waals surface area contributed by atoms with Crippen LogP contribution in [-0.2, 0) is 13.1 Å². The number of nitrogens with zero attached hydrogens (tertiary/aromatic N) is 2. The Kier molecular flexibility index (Phi) is 5.16. The second kappa shape index (κ2) is 7.08. The molecule has 0 aliphatic heterocycles. The van der Waals surface area contributed by atoms with Gasteiger partial charge in [0.2, 0.25) is 0 Å². The van der Waals surface area contributed by atoms with Gasteiger partial charge >= 0.3 is 5.69 Å². The van der Waals surface area contributed by atoms with Gasteiger partial charge in [0.25, 0.3) is 0 Å². The largest absolute Gasteiger partial charge is 0.492 e. The predicted molar refractivity (Wildman–Crippen MR) is 86.8 cm³/mol. The Morgan fingerprint density at radius 1 is 1.19 bits per heavy atom. The van der Waals surface area contributed by atoms with Crippen LogP contribution in [0.2, 0.25) is 0 Å². The molecule has 0 amide bonds. The number of ether oxygens (including phenoxy) is 1. The molecule has 1 aromatic heterocycles. The van der Waals surface area contributed by atoms with Gasteiger partial charge in [-0.15, -0.1) is 0 Å². The summed E-state index contributed by atoms with van der Waals surface area (Å²) in [6.07, 6.45) is 4.54. The highest BCUT2D eigenvalue weighted by Crippen LogP contribution is 2.12. The van der Waals surface area contributed by atoms with Crippen molar-refractivity contribution < 1.29 is 4.74 Å². The van der Waals surface area contributed by atoms with E-state index in [1.54, 1.807) is 15.3 Å². The number of rotatable bonds is 7. The number of thiocarbonyl (C=S) groups is 1. The Labute approximate surface area is 129 Å². The van der Waals surface area contributed by atoms with Gasteiger partial charge in [-0.25, -0.2) is 4.79 Å². The van der Waals surface area contributed by atoms with Crippen molar-refractivity contribution in [2.75, 3.05) is 6.61 Å². The minimum absolute atomic E-state index is 0.00396. The van der Waals surface area contributed by atoms with Crippen molar-refractivity contribution in [1.82, 2.24) is 9.13 Å². The SMILES string of the molecule is CCCn1ccn(CCOc2ccc(C(N)=S)cc2)c1=O. The molecule has 0 saturated heterocycles. The van der Waals surface area contributed by atoms with Crippen LogP contribution in [0.1, 0.15) is 18.9 Å². The quantitative estimate of drug-likeness (QED) is 0.792. The second-order valence-electron chi connectivity index (χ2n) is 4.70. The highest BCUT2D eigenvalue weighted by molar-refractivity contribution is 7.80. The molecule has 0 atom stereocenters. The van der Waals surface area contributed by atoms with Crippen LogP contribution >= 0.6 is 12.2 Å². The van der Waals surface area contributed by atoms with Crippen LogP contribution in [0.3, 0.4) is 0 Å². The van der Waals surface area contributed by atoms with Crippen molar-refractivity contribution >= 4 is 17.2 Å². The summed E-state index contributed by atoms with van der Waals surface area (Å²) in [5.41, 5.74) is 6.35. The zero-order chi connectivity index (χ0) is 15.2. The normalized spacial score (nSPS) is 10.5. The number of imidazole rings is 1. The van der Waals surface area contributed by atoms with Gasteiger partial charge < -0.3 is 10.5 Å². The van der Waals surface area contributed by atoms with Crippen LogP contribution in [0.15, 0.2) is 41.5 Å². The van der Waals surface area contributed by atoms with Crippen LogP contribution < -0.4 is 16.2 Å². The lowest BCUT2D eigenvalue weighted by Gasteiger charge is -2.07. The molecule has 0 fully saturated rings. The van der Waals surface area contributed by atoms with Crippen LogP contribution in [0.4, 0.5) is 0 Å². The maximum atomic E-state index is 12.0. The summed E-state index contributed by atoms with van der Waals surface area (Å²) in [6, 6.07) is 7.28. The minimum atomic E-state index is 0.00396. The summed E-state index contributed by atoms with van der Waals surface area (Å²) in [4.78, 5) is 12.3. The van der Waals surface area contributed by atoms with Gasteiger partial charge in [-0.2, -0.15) is 0 Å². The smallest absolute Gasteiger partial charge is 0.328 e. The third-order valence-corrected chi connectivity index (χ3v) is 3.36. The summed E-state index contributed by atoms with van der Waals surface area (Å²) in [6.45, 7) is 3.74. The van der Waals surface area contributed by atoms with E-state index in [9.17, 15) is 4.79 Å². The molecule has 0 aliphatic carbocycles. The van der Waals surface area contributed by atoms with Crippen LogP contribution in [-0.4, -0.2) is 20.7 Å². The average molecular weight is 305 g/mol. The summed E-state index contributed by atoms with van der Waals surface area (Å²) in [5, 5.41) is 0. The second-order valence-corrected chi connectivity index (χ2v) is 5.14. The third kappa shape index (κ3) is 3.95. The first kappa shape index (κ1) is 15.3. The summed E-state index contributed by atoms with van der Waals surface area (Å²) >= 11 is 4.89. The Bertz CT molecular complexity index is 658. The summed E-state index contributed by atoms with van der Waals surface area (Å²) in [5.74, 6) is 0.732. The van der Waals surface area contributed by atoms with Crippen LogP contribution in [0, 0.1) is 0 Å². The lowest BCUT2D eigenvalue weighted by Crippen LogP contribution is -2.25. The lowest BCUT2D eigenvalue weighted by atomic mass is 10.2. The molecule has 0 bridgehead atoms. The molecule has 6 heteroatoms. The Morgan fingerprint density at radius 2 is 1.81 bits per heavy atom. The fourth-order valence-corrected chi connectivity index (χ4v) is 2.15. The number of aromatic nitrogens is 2. The number of nitrogens with two attached hydrogens (primary N) is 1. The third-order valence-electron chi connectivity index (χ3n) is 3.12. The van der Waals surface area contributed by atoms with Gasteiger partial charge in [0.15, 0.2) is 0 Å². The lowest BCUT2D eigenvalue weighted by molar-refractivity contribution is 0.295. The molecule has 0 spiro atoms. The maximum absolute atomic E-state index is 12.0. The van der Waals surface area contributed by atoms with Crippen LogP contribution in [0.25, 0.3) is 0 Å². The van der Waals surface area contributed by atoms with E-state index < -0.39 is 0 Å². The van der Waals surface area contributed by atoms with E-state index in [-0.39, 0.29) is 5.69 Å². The van der Waals surface area contributed by atoms with E-state index in [1.165, 1.54) is 0 Å². The average Bonchev–Trinajstić information content (AvgIpc) is 2.81. The standard InChI is InChI=1S/C15H19N3O2S/c1-2-7-17-8-9-18(15(17)19)10-11-20-13-5-3-12(4-6-13)14(16)21/h3-6,8-9H,2,7,10-11H2,1H3,(H2,16,21). The molecule has 0 aliphatic rings. The highest BCUT2D eigenvalue weighted by Gasteiger charge is 2.03. The van der Waals surface area contributed by atoms with E-state index in [1.807, 2.05) is 37.4 Å². The number of hydrogen-bond acceptors (Lipinski definition) is 3. The van der Waals surface area contributed by atoms with Gasteiger partial charge in [-0.1, -0.05) is 19.1 Å². The van der Waals surface area contributed by atoms with E-state index in [4.69, 9.17) is 22.7 Å². The first-order chi connectivity index (χ1) is 10.1. The van der Waals surface area contributed by atoms with Crippen molar-refractivity contribution in [1.29, 1.82) is 0 Å². The Balaban J connectivity index is 1.89. The van der Waals surface area contributed by atoms with E-state index >= 15 is 0 Å². The zero-order valence-corrected chi connectivity index (χ0v) is 12.8. The maximum Gasteiger partial charge on any atom is 0.328 e. The van der Waals surface area contributed by atoms with Gasteiger partial charge in [-0.05, 0) is 30.7 Å². The fraction of sp³-hybridized carbons (Fsp3) is 0.333. The van der Waals surface area contributed by atoms with Gasteiger partial charge in [0, 0.05) is 24.5 Å². The summed E-state index contributed by atoms with van der Waals surface area (Å²) in [7, 11) is 0. The van der Waals surface area contributed by atoms with Crippen molar-refractivity contribution in [3.05, 3.63) is 52.7 Å². The topological polar surface area (TPSA) is 62.2 Å². The minimum Gasteiger partial charge on any atom is -0.492 e. The van der Waals surface area contributed by atoms with E-state index in [0.29, 0.717) is 18.1 Å². The van der Waals surface area contributed by atoms with Gasteiger partial charge in [-0.3, -0.25) is 9.13 Å². The molecule has 5 nitrogen and oxygen atoms in total. The van der Waals surface area contributed by atoms with Gasteiger partial charge in [0.1, 0.15) is 17.3 Å². The summed E-state index contributed by atoms with van der Waals surface area (Å²) < 4.78 is 8.97. The first-order valence-electron chi connectivity index (χ1n) is 6.90. The zero-order valence-electron chi connectivity index (χ0n) is 12.0. The number of hydrogen-bond donors (Lipinski definition) is 1. The molecule has 2 rings (SSSR count). The molecule has 1 heterocycles. The first-order valence-corrected chi connectivity index (χ1v) is 7.31. The molecule has 0 saturated carbocycles. The van der Waals surface area contributed by atoms with E-state index in [0.717, 1.165) is 24.3 Å². The van der Waals surface area contributed by atoms with Crippen molar-refractivity contribution in [2.24, 2.45) is 5.73 Å². The molecular weight excluding hydrogens is 286 g/mol. The molecule has 2 aromatic rings. The fourth-order valence-electron chi connectivity index (χ4n) is 2.01. The monoisotopic (exact) mass is 305 g/mol. The molecule has 2 N–H and O–H groups in total. The Morgan fingerprint density at radius 3 is 2.38 bits per heavy atom. The van der Waals surface area contributed by atoms with Crippen molar-refractivity contribution in [3.63, 3.8) is 0 Å².